The maximum Gasteiger partial charge on any atom is 0.337 e. The van der Waals surface area contributed by atoms with Gasteiger partial charge in [0.25, 0.3) is 0 Å². The van der Waals surface area contributed by atoms with Gasteiger partial charge in [-0.15, -0.1) is 0 Å². The van der Waals surface area contributed by atoms with Crippen LogP contribution in [0.25, 0.3) is 5.69 Å². The first-order valence-electron chi connectivity index (χ1n) is 13.9. The molecule has 0 spiro atoms. The summed E-state index contributed by atoms with van der Waals surface area (Å²) >= 11 is 5.85. The fraction of sp³-hybridized carbons (Fsp3) is 0.273. The molecular formula is C33H35N5O3S. The van der Waals surface area contributed by atoms with E-state index >= 15 is 0 Å². The lowest BCUT2D eigenvalue weighted by atomic mass is 9.96. The first-order valence-corrected chi connectivity index (χ1v) is 14.3. The molecule has 1 saturated heterocycles. The van der Waals surface area contributed by atoms with Gasteiger partial charge in [-0.25, -0.2) is 4.79 Å². The standard InChI is InChI=1S/C33H35N5O3S/c1-20-12-13-21(2)28(17-20)35-29(39)14-16-37-31(30(36-33(37)42)27-11-6-7-15-34-27)26-18-22(3)38(23(26)4)25-10-8-9-24(19-25)32(40)41-5/h6-13,15,17-19,30-31H,14,16H2,1-5H3,(H,35,39)(H,36,42)/t30-,31+/m0/s1. The number of ether oxygens (including phenoxy) is 1. The number of carbonyl (C=O) groups excluding carboxylic acids is 2. The van der Waals surface area contributed by atoms with Crippen LogP contribution in [0.3, 0.4) is 0 Å². The lowest BCUT2D eigenvalue weighted by Crippen LogP contribution is -2.33. The van der Waals surface area contributed by atoms with Crippen molar-refractivity contribution in [3.63, 3.8) is 0 Å². The van der Waals surface area contributed by atoms with Gasteiger partial charge >= 0.3 is 5.97 Å². The van der Waals surface area contributed by atoms with Crippen molar-refractivity contribution in [1.82, 2.24) is 19.8 Å². The first-order chi connectivity index (χ1) is 20.2. The molecule has 2 aromatic heterocycles. The number of anilines is 1. The van der Waals surface area contributed by atoms with Crippen LogP contribution in [0.5, 0.6) is 0 Å². The molecule has 1 fully saturated rings. The van der Waals surface area contributed by atoms with E-state index in [0.717, 1.165) is 45.1 Å². The van der Waals surface area contributed by atoms with Crippen molar-refractivity contribution in [2.24, 2.45) is 0 Å². The average molecular weight is 582 g/mol. The summed E-state index contributed by atoms with van der Waals surface area (Å²) in [6.07, 6.45) is 2.04. The van der Waals surface area contributed by atoms with Crippen molar-refractivity contribution in [3.05, 3.63) is 112 Å². The monoisotopic (exact) mass is 581 g/mol. The highest BCUT2D eigenvalue weighted by atomic mass is 32.1. The molecule has 5 rings (SSSR count). The number of thiocarbonyl (C=S) groups is 1. The number of pyridine rings is 1. The molecule has 9 heteroatoms. The highest BCUT2D eigenvalue weighted by Crippen LogP contribution is 2.41. The Bertz CT molecular complexity index is 1650. The molecule has 1 amide bonds. The van der Waals surface area contributed by atoms with Gasteiger partial charge in [0.1, 0.15) is 0 Å². The van der Waals surface area contributed by atoms with E-state index in [4.69, 9.17) is 17.0 Å². The number of amides is 1. The minimum Gasteiger partial charge on any atom is -0.465 e. The molecule has 0 saturated carbocycles. The van der Waals surface area contributed by atoms with Gasteiger partial charge in [0.2, 0.25) is 5.91 Å². The molecule has 0 aliphatic carbocycles. The normalized spacial score (nSPS) is 16.3. The minimum atomic E-state index is -0.384. The van der Waals surface area contributed by atoms with Gasteiger partial charge in [-0.05, 0) is 99.1 Å². The molecule has 1 aliphatic rings. The maximum atomic E-state index is 13.1. The number of esters is 1. The Morgan fingerprint density at radius 2 is 1.83 bits per heavy atom. The molecule has 3 heterocycles. The maximum absolute atomic E-state index is 13.1. The van der Waals surface area contributed by atoms with Crippen LogP contribution in [-0.2, 0) is 9.53 Å². The number of aromatic nitrogens is 2. The van der Waals surface area contributed by atoms with E-state index in [-0.39, 0.29) is 30.4 Å². The molecule has 2 atom stereocenters. The Morgan fingerprint density at radius 3 is 2.57 bits per heavy atom. The molecule has 0 radical (unpaired) electrons. The molecule has 2 N–H and O–H groups in total. The zero-order chi connectivity index (χ0) is 30.0. The van der Waals surface area contributed by atoms with Gasteiger partial charge in [0, 0.05) is 41.9 Å². The summed E-state index contributed by atoms with van der Waals surface area (Å²) in [4.78, 5) is 32.1. The van der Waals surface area contributed by atoms with Gasteiger partial charge in [-0.1, -0.05) is 24.3 Å². The summed E-state index contributed by atoms with van der Waals surface area (Å²) < 4.78 is 7.07. The van der Waals surface area contributed by atoms with Gasteiger partial charge < -0.3 is 24.8 Å². The summed E-state index contributed by atoms with van der Waals surface area (Å²) in [5.41, 5.74) is 8.22. The average Bonchev–Trinajstić information content (AvgIpc) is 3.47. The first kappa shape index (κ1) is 29.0. The second-order valence-corrected chi connectivity index (χ2v) is 11.0. The zero-order valence-corrected chi connectivity index (χ0v) is 25.3. The fourth-order valence-corrected chi connectivity index (χ4v) is 6.00. The number of aryl methyl sites for hydroxylation is 3. The lowest BCUT2D eigenvalue weighted by molar-refractivity contribution is -0.116. The van der Waals surface area contributed by atoms with Crippen molar-refractivity contribution in [2.45, 2.75) is 46.2 Å². The minimum absolute atomic E-state index is 0.0726. The summed E-state index contributed by atoms with van der Waals surface area (Å²) in [7, 11) is 1.38. The predicted octanol–water partition coefficient (Wildman–Crippen LogP) is 5.89. The van der Waals surface area contributed by atoms with Crippen LogP contribution in [-0.4, -0.2) is 45.1 Å². The smallest absolute Gasteiger partial charge is 0.337 e. The highest BCUT2D eigenvalue weighted by molar-refractivity contribution is 7.80. The number of methoxy groups -OCH3 is 1. The number of hydrogen-bond donors (Lipinski definition) is 2. The van der Waals surface area contributed by atoms with Gasteiger partial charge in [0.15, 0.2) is 5.11 Å². The third-order valence-electron chi connectivity index (χ3n) is 7.76. The van der Waals surface area contributed by atoms with Crippen molar-refractivity contribution < 1.29 is 14.3 Å². The van der Waals surface area contributed by atoms with E-state index in [0.29, 0.717) is 17.2 Å². The molecular weight excluding hydrogens is 546 g/mol. The van der Waals surface area contributed by atoms with Crippen molar-refractivity contribution in [3.8, 4) is 5.69 Å². The Kier molecular flexibility index (Phi) is 8.40. The van der Waals surface area contributed by atoms with Crippen LogP contribution in [0.4, 0.5) is 5.69 Å². The molecule has 2 aromatic carbocycles. The molecule has 42 heavy (non-hydrogen) atoms. The van der Waals surface area contributed by atoms with Gasteiger partial charge in [-0.3, -0.25) is 9.78 Å². The largest absolute Gasteiger partial charge is 0.465 e. The van der Waals surface area contributed by atoms with Gasteiger partial charge in [-0.2, -0.15) is 0 Å². The number of carbonyl (C=O) groups is 2. The highest BCUT2D eigenvalue weighted by Gasteiger charge is 2.41. The van der Waals surface area contributed by atoms with Crippen molar-refractivity contribution >= 4 is 34.9 Å². The zero-order valence-electron chi connectivity index (χ0n) is 24.5. The number of rotatable bonds is 8. The van der Waals surface area contributed by atoms with Crippen LogP contribution in [0.1, 0.15) is 62.6 Å². The fourth-order valence-electron chi connectivity index (χ4n) is 5.66. The number of nitrogens with zero attached hydrogens (tertiary/aromatic N) is 3. The van der Waals surface area contributed by atoms with Crippen molar-refractivity contribution in [1.29, 1.82) is 0 Å². The summed E-state index contributed by atoms with van der Waals surface area (Å²) in [6, 6.07) is 21.0. The molecule has 1 aliphatic heterocycles. The molecule has 8 nitrogen and oxygen atoms in total. The van der Waals surface area contributed by atoms with E-state index in [9.17, 15) is 9.59 Å². The number of hydrogen-bond acceptors (Lipinski definition) is 5. The summed E-state index contributed by atoms with van der Waals surface area (Å²) in [5.74, 6) is -0.456. The Morgan fingerprint density at radius 1 is 1.02 bits per heavy atom. The van der Waals surface area contributed by atoms with E-state index in [1.54, 1.807) is 12.3 Å². The third kappa shape index (κ3) is 5.78. The molecule has 0 bridgehead atoms. The summed E-state index contributed by atoms with van der Waals surface area (Å²) in [6.45, 7) is 8.53. The van der Waals surface area contributed by atoms with Gasteiger partial charge in [0.05, 0.1) is 30.5 Å². The van der Waals surface area contributed by atoms with Crippen LogP contribution in [0, 0.1) is 27.7 Å². The van der Waals surface area contributed by atoms with Crippen molar-refractivity contribution in [2.75, 3.05) is 19.0 Å². The SMILES string of the molecule is COC(=O)c1cccc(-n2c(C)cc([C@@H]3[C@H](c4ccccn4)NC(=S)N3CCC(=O)Nc3cc(C)ccc3C)c2C)c1. The van der Waals surface area contributed by atoms with Crippen LogP contribution in [0.15, 0.2) is 72.9 Å². The second-order valence-electron chi connectivity index (χ2n) is 10.6. The predicted molar refractivity (Wildman–Crippen MR) is 168 cm³/mol. The molecule has 216 valence electrons. The number of benzene rings is 2. The van der Waals surface area contributed by atoms with E-state index in [1.165, 1.54) is 7.11 Å². The third-order valence-corrected chi connectivity index (χ3v) is 8.11. The second kappa shape index (κ2) is 12.2. The topological polar surface area (TPSA) is 88.5 Å². The van der Waals surface area contributed by atoms with E-state index < -0.39 is 0 Å². The van der Waals surface area contributed by atoms with Crippen LogP contribution >= 0.6 is 12.2 Å². The van der Waals surface area contributed by atoms with Crippen LogP contribution < -0.4 is 10.6 Å². The van der Waals surface area contributed by atoms with E-state index in [2.05, 4.69) is 38.1 Å². The summed E-state index contributed by atoms with van der Waals surface area (Å²) in [5, 5.41) is 7.12. The Labute approximate surface area is 251 Å². The molecule has 4 aromatic rings. The lowest BCUT2D eigenvalue weighted by Gasteiger charge is -2.28. The molecule has 0 unspecified atom stereocenters. The van der Waals surface area contributed by atoms with Crippen LogP contribution in [0.2, 0.25) is 0 Å². The number of nitrogens with one attached hydrogen (secondary N) is 2. The Balaban J connectivity index is 1.48. The van der Waals surface area contributed by atoms with E-state index in [1.807, 2.05) is 75.4 Å². The quantitative estimate of drug-likeness (QED) is 0.198. The Hall–Kier alpha value is -4.50.